The van der Waals surface area contributed by atoms with Crippen LogP contribution in [0.15, 0.2) is 42.7 Å². The maximum Gasteiger partial charge on any atom is 0.317 e. The number of nitrogens with two attached hydrogens (primary N) is 2. The fourth-order valence-electron chi connectivity index (χ4n) is 2.60. The number of H-pyrrole nitrogens is 1. The molecule has 0 atom stereocenters. The van der Waals surface area contributed by atoms with Gasteiger partial charge in [-0.05, 0) is 29.8 Å². The normalized spacial score (nSPS) is 10.5. The minimum Gasteiger partial charge on any atom is -0.365 e. The number of carbonyl (C=O) groups is 3. The summed E-state index contributed by atoms with van der Waals surface area (Å²) >= 11 is 0. The lowest BCUT2D eigenvalue weighted by atomic mass is 10.1. The van der Waals surface area contributed by atoms with E-state index in [1.165, 1.54) is 0 Å². The molecule has 7 N–H and O–H groups in total. The van der Waals surface area contributed by atoms with Crippen molar-refractivity contribution in [2.45, 2.75) is 6.54 Å². The van der Waals surface area contributed by atoms with E-state index >= 15 is 0 Å². The molecule has 0 saturated heterocycles. The van der Waals surface area contributed by atoms with Crippen molar-refractivity contribution in [3.63, 3.8) is 0 Å². The first-order valence-corrected chi connectivity index (χ1v) is 7.65. The van der Waals surface area contributed by atoms with Crippen LogP contribution in [-0.2, 0) is 6.54 Å². The number of nitrogens with zero attached hydrogens (tertiary/aromatic N) is 1. The Balaban J connectivity index is 1.87. The van der Waals surface area contributed by atoms with Crippen LogP contribution in [0.2, 0.25) is 0 Å². The molecule has 0 spiro atoms. The van der Waals surface area contributed by atoms with Crippen LogP contribution in [0, 0.1) is 0 Å². The topological polar surface area (TPSA) is 156 Å². The van der Waals surface area contributed by atoms with E-state index in [0.29, 0.717) is 23.0 Å². The van der Waals surface area contributed by atoms with E-state index in [4.69, 9.17) is 11.5 Å². The summed E-state index contributed by atoms with van der Waals surface area (Å²) in [5, 5.41) is 5.59. The van der Waals surface area contributed by atoms with E-state index in [1.54, 1.807) is 42.7 Å². The average Bonchev–Trinajstić information content (AvgIpc) is 2.96. The number of aromatic amines is 1. The highest BCUT2D eigenvalue weighted by Crippen LogP contribution is 2.26. The molecule has 0 aliphatic rings. The molecule has 9 nitrogen and oxygen atoms in total. The molecule has 0 saturated carbocycles. The Morgan fingerprint density at radius 1 is 1.08 bits per heavy atom. The minimum atomic E-state index is -0.839. The molecule has 1 aromatic carbocycles. The van der Waals surface area contributed by atoms with Crippen LogP contribution in [0.4, 0.5) is 10.6 Å². The van der Waals surface area contributed by atoms with Gasteiger partial charge in [-0.25, -0.2) is 4.79 Å². The summed E-state index contributed by atoms with van der Waals surface area (Å²) in [5.74, 6) is -0.924. The van der Waals surface area contributed by atoms with Crippen molar-refractivity contribution in [1.29, 1.82) is 0 Å². The Kier molecular flexibility index (Phi) is 4.52. The second kappa shape index (κ2) is 6.93. The lowest BCUT2D eigenvalue weighted by Gasteiger charge is -2.05. The molecule has 26 heavy (non-hydrogen) atoms. The fourth-order valence-corrected chi connectivity index (χ4v) is 2.60. The number of rotatable bonds is 5. The molecule has 3 rings (SSSR count). The summed E-state index contributed by atoms with van der Waals surface area (Å²) in [7, 11) is 0. The predicted octanol–water partition coefficient (Wildman–Crippen LogP) is 1.08. The number of primary amides is 2. The van der Waals surface area contributed by atoms with Crippen LogP contribution >= 0.6 is 0 Å². The first-order valence-electron chi connectivity index (χ1n) is 7.65. The second-order valence-corrected chi connectivity index (χ2v) is 5.53. The Morgan fingerprint density at radius 3 is 2.46 bits per heavy atom. The van der Waals surface area contributed by atoms with Gasteiger partial charge in [0.2, 0.25) is 0 Å². The summed E-state index contributed by atoms with van der Waals surface area (Å²) in [4.78, 5) is 41.9. The molecule has 0 aliphatic heterocycles. The maximum atomic E-state index is 12.3. The summed E-state index contributed by atoms with van der Waals surface area (Å²) in [6.45, 7) is 0.352. The lowest BCUT2D eigenvalue weighted by Crippen LogP contribution is -2.22. The van der Waals surface area contributed by atoms with E-state index < -0.39 is 11.9 Å². The van der Waals surface area contributed by atoms with Gasteiger partial charge in [0.05, 0.1) is 5.56 Å². The van der Waals surface area contributed by atoms with Crippen LogP contribution in [0.1, 0.15) is 26.3 Å². The van der Waals surface area contributed by atoms with Crippen molar-refractivity contribution in [2.75, 3.05) is 5.32 Å². The summed E-state index contributed by atoms with van der Waals surface area (Å²) in [6, 6.07) is 7.48. The van der Waals surface area contributed by atoms with Crippen LogP contribution in [0.5, 0.6) is 0 Å². The number of nitrogens with one attached hydrogen (secondary N) is 3. The van der Waals surface area contributed by atoms with Crippen molar-refractivity contribution in [2.24, 2.45) is 11.5 Å². The van der Waals surface area contributed by atoms with Gasteiger partial charge in [0, 0.05) is 35.4 Å². The molecule has 2 heterocycles. The molecule has 2 aromatic heterocycles. The largest absolute Gasteiger partial charge is 0.365 e. The zero-order chi connectivity index (χ0) is 18.7. The Labute approximate surface area is 147 Å². The standard InChI is InChI=1S/C17H16N6O3/c18-14(24)13-11-2-1-10(7-12(11)22-15(13)23-17(19)26)16(25)21-8-9-3-5-20-6-4-9/h1-7,22H,8H2,(H2,18,24)(H,21,25)(H3,19,23,26). The zero-order valence-electron chi connectivity index (χ0n) is 13.6. The quantitative estimate of drug-likeness (QED) is 0.466. The number of urea groups is 1. The number of benzene rings is 1. The smallest absolute Gasteiger partial charge is 0.317 e. The first kappa shape index (κ1) is 17.0. The van der Waals surface area contributed by atoms with Crippen molar-refractivity contribution in [1.82, 2.24) is 15.3 Å². The maximum absolute atomic E-state index is 12.3. The molecular weight excluding hydrogens is 336 g/mol. The number of hydrogen-bond acceptors (Lipinski definition) is 4. The van der Waals surface area contributed by atoms with Gasteiger partial charge in [-0.3, -0.25) is 19.9 Å². The highest BCUT2D eigenvalue weighted by molar-refractivity contribution is 6.13. The third kappa shape index (κ3) is 3.46. The van der Waals surface area contributed by atoms with E-state index in [9.17, 15) is 14.4 Å². The van der Waals surface area contributed by atoms with Crippen LogP contribution < -0.4 is 22.1 Å². The van der Waals surface area contributed by atoms with Crippen LogP contribution in [-0.4, -0.2) is 27.8 Å². The van der Waals surface area contributed by atoms with Gasteiger partial charge in [-0.2, -0.15) is 0 Å². The van der Waals surface area contributed by atoms with Crippen molar-refractivity contribution in [3.8, 4) is 0 Å². The number of amides is 4. The predicted molar refractivity (Wildman–Crippen MR) is 95.4 cm³/mol. The van der Waals surface area contributed by atoms with Crippen molar-refractivity contribution < 1.29 is 14.4 Å². The Morgan fingerprint density at radius 2 is 1.81 bits per heavy atom. The van der Waals surface area contributed by atoms with Gasteiger partial charge >= 0.3 is 6.03 Å². The monoisotopic (exact) mass is 352 g/mol. The van der Waals surface area contributed by atoms with Gasteiger partial charge in [-0.15, -0.1) is 0 Å². The van der Waals surface area contributed by atoms with Crippen molar-refractivity contribution in [3.05, 3.63) is 59.4 Å². The number of hydrogen-bond donors (Lipinski definition) is 5. The fraction of sp³-hybridized carbons (Fsp3) is 0.0588. The lowest BCUT2D eigenvalue weighted by molar-refractivity contribution is 0.0950. The molecule has 0 aliphatic carbocycles. The van der Waals surface area contributed by atoms with E-state index in [2.05, 4.69) is 20.6 Å². The molecule has 9 heteroatoms. The summed E-state index contributed by atoms with van der Waals surface area (Å²) in [6.07, 6.45) is 3.29. The number of aromatic nitrogens is 2. The van der Waals surface area contributed by atoms with Crippen LogP contribution in [0.25, 0.3) is 10.9 Å². The molecule has 3 aromatic rings. The molecule has 0 radical (unpaired) electrons. The molecule has 4 amide bonds. The molecular formula is C17H16N6O3. The van der Waals surface area contributed by atoms with Gasteiger partial charge in [-0.1, -0.05) is 6.07 Å². The number of carbonyl (C=O) groups excluding carboxylic acids is 3. The van der Waals surface area contributed by atoms with Gasteiger partial charge < -0.3 is 21.8 Å². The van der Waals surface area contributed by atoms with E-state index in [0.717, 1.165) is 5.56 Å². The van der Waals surface area contributed by atoms with E-state index in [-0.39, 0.29) is 17.3 Å². The van der Waals surface area contributed by atoms with Gasteiger partial charge in [0.15, 0.2) is 0 Å². The van der Waals surface area contributed by atoms with Crippen LogP contribution in [0.3, 0.4) is 0 Å². The Bertz CT molecular complexity index is 996. The molecule has 0 unspecified atom stereocenters. The molecule has 132 valence electrons. The highest BCUT2D eigenvalue weighted by atomic mass is 16.2. The third-order valence-electron chi connectivity index (χ3n) is 3.76. The molecule has 0 bridgehead atoms. The highest BCUT2D eigenvalue weighted by Gasteiger charge is 2.18. The van der Waals surface area contributed by atoms with Gasteiger partial charge in [0.1, 0.15) is 5.82 Å². The minimum absolute atomic E-state index is 0.0920. The number of anilines is 1. The first-order chi connectivity index (χ1) is 12.5. The van der Waals surface area contributed by atoms with E-state index in [1.807, 2.05) is 0 Å². The zero-order valence-corrected chi connectivity index (χ0v) is 13.6. The number of pyridine rings is 1. The second-order valence-electron chi connectivity index (χ2n) is 5.53. The SMILES string of the molecule is NC(=O)Nc1[nH]c2cc(C(=O)NCc3ccncc3)ccc2c1C(N)=O. The number of fused-ring (bicyclic) bond motifs is 1. The third-order valence-corrected chi connectivity index (χ3v) is 3.76. The van der Waals surface area contributed by atoms with Gasteiger partial charge in [0.25, 0.3) is 11.8 Å². The molecule has 0 fully saturated rings. The summed E-state index contributed by atoms with van der Waals surface area (Å²) in [5.41, 5.74) is 12.3. The average molecular weight is 352 g/mol. The van der Waals surface area contributed by atoms with Crippen molar-refractivity contribution >= 4 is 34.6 Å². The Hall–Kier alpha value is -3.88. The summed E-state index contributed by atoms with van der Waals surface area (Å²) < 4.78 is 0.